The fourth-order valence-electron chi connectivity index (χ4n) is 1.84. The number of ether oxygens (including phenoxy) is 1. The number of nitrogens with zero attached hydrogens (tertiary/aromatic N) is 1. The number of aliphatic hydroxyl groups is 1. The Morgan fingerprint density at radius 1 is 1.57 bits per heavy atom. The van der Waals surface area contributed by atoms with Gasteiger partial charge in [0.05, 0.1) is 28.3 Å². The van der Waals surface area contributed by atoms with Crippen molar-refractivity contribution in [3.63, 3.8) is 0 Å². The van der Waals surface area contributed by atoms with Crippen LogP contribution in [0.2, 0.25) is 0 Å². The summed E-state index contributed by atoms with van der Waals surface area (Å²) in [6.45, 7) is 5.38. The Balaban J connectivity index is 2.17. The molecule has 3 nitrogen and oxygen atoms in total. The van der Waals surface area contributed by atoms with Crippen molar-refractivity contribution in [3.8, 4) is 0 Å². The van der Waals surface area contributed by atoms with E-state index in [1.54, 1.807) is 11.3 Å². The second-order valence-corrected chi connectivity index (χ2v) is 4.99. The molecule has 0 spiro atoms. The summed E-state index contributed by atoms with van der Waals surface area (Å²) in [5.74, 6) is 0.258. The maximum absolute atomic E-state index is 10.1. The third kappa shape index (κ3) is 1.82. The molecule has 14 heavy (non-hydrogen) atoms. The summed E-state index contributed by atoms with van der Waals surface area (Å²) in [6, 6.07) is 0. The lowest BCUT2D eigenvalue weighted by Gasteiger charge is -2.14. The van der Waals surface area contributed by atoms with Gasteiger partial charge < -0.3 is 9.84 Å². The summed E-state index contributed by atoms with van der Waals surface area (Å²) in [7, 11) is 0. The molecule has 0 aromatic carbocycles. The molecule has 0 bridgehead atoms. The summed E-state index contributed by atoms with van der Waals surface area (Å²) in [4.78, 5) is 5.33. The first-order chi connectivity index (χ1) is 6.68. The van der Waals surface area contributed by atoms with Gasteiger partial charge in [0, 0.05) is 12.5 Å². The van der Waals surface area contributed by atoms with E-state index in [9.17, 15) is 5.11 Å². The van der Waals surface area contributed by atoms with E-state index in [-0.39, 0.29) is 12.0 Å². The molecule has 1 aromatic rings. The minimum absolute atomic E-state index is 0.258. The lowest BCUT2D eigenvalue weighted by molar-refractivity contribution is 0.0939. The molecule has 2 atom stereocenters. The highest BCUT2D eigenvalue weighted by Gasteiger charge is 2.27. The molecule has 1 aliphatic rings. The standard InChI is InChI=1S/C10H15NO2S/c1-6-10(14-7(2)11-6)9(12)8-3-4-13-5-8/h8-9,12H,3-5H2,1-2H3. The zero-order chi connectivity index (χ0) is 10.1. The van der Waals surface area contributed by atoms with Crippen molar-refractivity contribution < 1.29 is 9.84 Å². The lowest BCUT2D eigenvalue weighted by Crippen LogP contribution is -2.12. The molecule has 0 amide bonds. The molecule has 1 N–H and O–H groups in total. The van der Waals surface area contributed by atoms with E-state index in [0.29, 0.717) is 6.61 Å². The van der Waals surface area contributed by atoms with Crippen molar-refractivity contribution >= 4 is 11.3 Å². The van der Waals surface area contributed by atoms with Crippen molar-refractivity contribution in [2.45, 2.75) is 26.4 Å². The lowest BCUT2D eigenvalue weighted by atomic mass is 10.00. The van der Waals surface area contributed by atoms with Crippen molar-refractivity contribution in [3.05, 3.63) is 15.6 Å². The van der Waals surface area contributed by atoms with Gasteiger partial charge in [-0.3, -0.25) is 0 Å². The SMILES string of the molecule is Cc1nc(C)c(C(O)C2CCOC2)s1. The molecular weight excluding hydrogens is 198 g/mol. The zero-order valence-corrected chi connectivity index (χ0v) is 9.30. The maximum Gasteiger partial charge on any atom is 0.0951 e. The molecular formula is C10H15NO2S. The highest BCUT2D eigenvalue weighted by Crippen LogP contribution is 2.33. The van der Waals surface area contributed by atoms with Crippen molar-refractivity contribution in [1.82, 2.24) is 4.98 Å². The van der Waals surface area contributed by atoms with Crippen LogP contribution in [0.15, 0.2) is 0 Å². The Morgan fingerprint density at radius 2 is 2.36 bits per heavy atom. The third-order valence-corrected chi connectivity index (χ3v) is 3.76. The molecule has 0 saturated carbocycles. The van der Waals surface area contributed by atoms with Crippen LogP contribution in [0, 0.1) is 19.8 Å². The first-order valence-corrected chi connectivity index (χ1v) is 5.70. The molecule has 2 heterocycles. The smallest absolute Gasteiger partial charge is 0.0951 e. The summed E-state index contributed by atoms with van der Waals surface area (Å²) in [5, 5.41) is 11.1. The average molecular weight is 213 g/mol. The molecule has 1 aromatic heterocycles. The van der Waals surface area contributed by atoms with E-state index < -0.39 is 0 Å². The first-order valence-electron chi connectivity index (χ1n) is 4.88. The predicted octanol–water partition coefficient (Wildman–Crippen LogP) is 1.83. The quantitative estimate of drug-likeness (QED) is 0.815. The van der Waals surface area contributed by atoms with E-state index in [1.165, 1.54) is 0 Å². The van der Waals surface area contributed by atoms with Crippen LogP contribution in [0.4, 0.5) is 0 Å². The molecule has 4 heteroatoms. The van der Waals surface area contributed by atoms with Gasteiger partial charge in [0.25, 0.3) is 0 Å². The second kappa shape index (κ2) is 3.96. The minimum atomic E-state index is -0.385. The van der Waals surface area contributed by atoms with Gasteiger partial charge in [-0.1, -0.05) is 0 Å². The summed E-state index contributed by atoms with van der Waals surface area (Å²) in [5.41, 5.74) is 0.965. The number of thiazole rings is 1. The van der Waals surface area contributed by atoms with E-state index >= 15 is 0 Å². The van der Waals surface area contributed by atoms with Crippen LogP contribution >= 0.6 is 11.3 Å². The maximum atomic E-state index is 10.1. The van der Waals surface area contributed by atoms with Crippen LogP contribution in [-0.2, 0) is 4.74 Å². The molecule has 0 aliphatic carbocycles. The average Bonchev–Trinajstić information content (AvgIpc) is 2.73. The van der Waals surface area contributed by atoms with Crippen LogP contribution in [0.25, 0.3) is 0 Å². The van der Waals surface area contributed by atoms with Crippen LogP contribution in [0.1, 0.15) is 28.1 Å². The van der Waals surface area contributed by atoms with Gasteiger partial charge in [-0.25, -0.2) is 4.98 Å². The van der Waals surface area contributed by atoms with Crippen LogP contribution in [-0.4, -0.2) is 23.3 Å². The molecule has 1 saturated heterocycles. The first kappa shape index (κ1) is 10.1. The van der Waals surface area contributed by atoms with E-state index in [4.69, 9.17) is 4.74 Å². The summed E-state index contributed by atoms with van der Waals surface area (Å²) < 4.78 is 5.27. The third-order valence-electron chi connectivity index (χ3n) is 2.62. The van der Waals surface area contributed by atoms with Gasteiger partial charge in [-0.05, 0) is 20.3 Å². The van der Waals surface area contributed by atoms with E-state index in [2.05, 4.69) is 4.98 Å². The largest absolute Gasteiger partial charge is 0.387 e. The van der Waals surface area contributed by atoms with Gasteiger partial charge in [-0.2, -0.15) is 0 Å². The summed E-state index contributed by atoms with van der Waals surface area (Å²) >= 11 is 1.59. The number of aryl methyl sites for hydroxylation is 2. The van der Waals surface area contributed by atoms with Crippen LogP contribution < -0.4 is 0 Å². The molecule has 1 aliphatic heterocycles. The fourth-order valence-corrected chi connectivity index (χ4v) is 2.84. The number of hydrogen-bond donors (Lipinski definition) is 1. The van der Waals surface area contributed by atoms with Crippen molar-refractivity contribution in [2.75, 3.05) is 13.2 Å². The predicted molar refractivity (Wildman–Crippen MR) is 55.5 cm³/mol. The molecule has 2 unspecified atom stereocenters. The zero-order valence-electron chi connectivity index (χ0n) is 8.49. The monoisotopic (exact) mass is 213 g/mol. The van der Waals surface area contributed by atoms with Crippen LogP contribution in [0.5, 0.6) is 0 Å². The highest BCUT2D eigenvalue weighted by molar-refractivity contribution is 7.11. The molecule has 78 valence electrons. The Morgan fingerprint density at radius 3 is 2.86 bits per heavy atom. The number of rotatable bonds is 2. The highest BCUT2D eigenvalue weighted by atomic mass is 32.1. The van der Waals surface area contributed by atoms with Crippen molar-refractivity contribution in [2.24, 2.45) is 5.92 Å². The number of aromatic nitrogens is 1. The molecule has 1 fully saturated rings. The summed E-state index contributed by atoms with van der Waals surface area (Å²) in [6.07, 6.45) is 0.570. The second-order valence-electron chi connectivity index (χ2n) is 3.75. The van der Waals surface area contributed by atoms with Gasteiger partial charge in [-0.15, -0.1) is 11.3 Å². The Labute approximate surface area is 87.7 Å². The Kier molecular flexibility index (Phi) is 2.85. The van der Waals surface area contributed by atoms with Gasteiger partial charge in [0.2, 0.25) is 0 Å². The Hall–Kier alpha value is -0.450. The van der Waals surface area contributed by atoms with Crippen LogP contribution in [0.3, 0.4) is 0 Å². The molecule has 0 radical (unpaired) electrons. The minimum Gasteiger partial charge on any atom is -0.387 e. The molecule has 2 rings (SSSR count). The van der Waals surface area contributed by atoms with Crippen molar-refractivity contribution in [1.29, 1.82) is 0 Å². The Bertz CT molecular complexity index is 318. The fraction of sp³-hybridized carbons (Fsp3) is 0.700. The topological polar surface area (TPSA) is 42.4 Å². The number of aliphatic hydroxyl groups excluding tert-OH is 1. The van der Waals surface area contributed by atoms with Gasteiger partial charge in [0.15, 0.2) is 0 Å². The van der Waals surface area contributed by atoms with E-state index in [0.717, 1.165) is 28.6 Å². The van der Waals surface area contributed by atoms with E-state index in [1.807, 2.05) is 13.8 Å². The number of hydrogen-bond acceptors (Lipinski definition) is 4. The normalized spacial score (nSPS) is 24.1. The van der Waals surface area contributed by atoms with Gasteiger partial charge >= 0.3 is 0 Å². The van der Waals surface area contributed by atoms with Gasteiger partial charge in [0.1, 0.15) is 0 Å².